The summed E-state index contributed by atoms with van der Waals surface area (Å²) in [6.45, 7) is 1.97. The van der Waals surface area contributed by atoms with Gasteiger partial charge >= 0.3 is 5.97 Å². The number of anilines is 1. The normalized spacial score (nSPS) is 12.1. The smallest absolute Gasteiger partial charge is 0.354 e. The highest BCUT2D eigenvalue weighted by Gasteiger charge is 2.10. The second-order valence-corrected chi connectivity index (χ2v) is 4.27. The van der Waals surface area contributed by atoms with Crippen molar-refractivity contribution in [1.82, 2.24) is 9.97 Å². The molecule has 5 nitrogen and oxygen atoms in total. The van der Waals surface area contributed by atoms with Crippen LogP contribution in [0.4, 0.5) is 5.95 Å². The Morgan fingerprint density at radius 2 is 2.35 bits per heavy atom. The maximum atomic E-state index is 10.8. The van der Waals surface area contributed by atoms with Crippen molar-refractivity contribution in [3.05, 3.63) is 40.3 Å². The molecule has 2 rings (SSSR count). The third kappa shape index (κ3) is 2.79. The summed E-state index contributed by atoms with van der Waals surface area (Å²) >= 11 is 1.61. The molecule has 0 radical (unpaired) electrons. The van der Waals surface area contributed by atoms with Crippen molar-refractivity contribution in [1.29, 1.82) is 0 Å². The maximum absolute atomic E-state index is 10.8. The molecule has 17 heavy (non-hydrogen) atoms. The van der Waals surface area contributed by atoms with Crippen LogP contribution < -0.4 is 5.32 Å². The monoisotopic (exact) mass is 249 g/mol. The summed E-state index contributed by atoms with van der Waals surface area (Å²) in [7, 11) is 0. The number of aromatic nitrogens is 2. The third-order valence-electron chi connectivity index (χ3n) is 2.26. The average Bonchev–Trinajstić information content (AvgIpc) is 2.82. The number of nitrogens with one attached hydrogen (secondary N) is 1. The number of hydrogen-bond acceptors (Lipinski definition) is 5. The molecular formula is C11H11N3O2S. The Morgan fingerprint density at radius 1 is 1.53 bits per heavy atom. The van der Waals surface area contributed by atoms with Crippen molar-refractivity contribution < 1.29 is 9.90 Å². The highest BCUT2D eigenvalue weighted by molar-refractivity contribution is 7.07. The van der Waals surface area contributed by atoms with Crippen LogP contribution in [-0.2, 0) is 0 Å². The molecule has 0 saturated carbocycles. The van der Waals surface area contributed by atoms with E-state index in [0.29, 0.717) is 5.95 Å². The molecule has 0 aromatic carbocycles. The molecule has 0 spiro atoms. The number of nitrogens with zero attached hydrogens (tertiary/aromatic N) is 2. The Hall–Kier alpha value is -1.95. The Kier molecular flexibility index (Phi) is 3.34. The lowest BCUT2D eigenvalue weighted by Gasteiger charge is -2.12. The molecule has 6 heteroatoms. The van der Waals surface area contributed by atoms with E-state index in [2.05, 4.69) is 15.3 Å². The van der Waals surface area contributed by atoms with Crippen LogP contribution in [0.1, 0.15) is 29.0 Å². The summed E-state index contributed by atoms with van der Waals surface area (Å²) in [5.74, 6) is -0.734. The SMILES string of the molecule is CC(Nc1nccc(C(=O)O)n1)c1ccsc1. The Labute approximate surface area is 102 Å². The first kappa shape index (κ1) is 11.5. The average molecular weight is 249 g/mol. The summed E-state index contributed by atoms with van der Waals surface area (Å²) < 4.78 is 0. The molecule has 1 atom stereocenters. The molecule has 0 saturated heterocycles. The van der Waals surface area contributed by atoms with E-state index in [4.69, 9.17) is 5.11 Å². The predicted octanol–water partition coefficient (Wildman–Crippen LogP) is 2.41. The van der Waals surface area contributed by atoms with E-state index in [-0.39, 0.29) is 11.7 Å². The lowest BCUT2D eigenvalue weighted by Crippen LogP contribution is -2.10. The van der Waals surface area contributed by atoms with Gasteiger partial charge < -0.3 is 10.4 Å². The van der Waals surface area contributed by atoms with Crippen LogP contribution in [0.2, 0.25) is 0 Å². The molecule has 2 aromatic heterocycles. The van der Waals surface area contributed by atoms with Crippen molar-refractivity contribution in [3.63, 3.8) is 0 Å². The number of rotatable bonds is 4. The van der Waals surface area contributed by atoms with Gasteiger partial charge in [0.15, 0.2) is 5.69 Å². The fraction of sp³-hybridized carbons (Fsp3) is 0.182. The zero-order valence-corrected chi connectivity index (χ0v) is 9.94. The van der Waals surface area contributed by atoms with Crippen molar-refractivity contribution in [2.24, 2.45) is 0 Å². The molecular weight excluding hydrogens is 238 g/mol. The number of aromatic carboxylic acids is 1. The first-order valence-electron chi connectivity index (χ1n) is 5.02. The number of carboxylic acid groups (broad SMARTS) is 1. The Balaban J connectivity index is 2.13. The van der Waals surface area contributed by atoms with Crippen molar-refractivity contribution in [2.75, 3.05) is 5.32 Å². The third-order valence-corrected chi connectivity index (χ3v) is 2.96. The molecule has 2 aromatic rings. The van der Waals surface area contributed by atoms with E-state index in [1.54, 1.807) is 11.3 Å². The van der Waals surface area contributed by atoms with E-state index in [0.717, 1.165) is 5.56 Å². The van der Waals surface area contributed by atoms with Gasteiger partial charge in [0.05, 0.1) is 6.04 Å². The fourth-order valence-electron chi connectivity index (χ4n) is 1.35. The molecule has 0 amide bonds. The van der Waals surface area contributed by atoms with Crippen molar-refractivity contribution >= 4 is 23.3 Å². The van der Waals surface area contributed by atoms with Gasteiger partial charge in [0.25, 0.3) is 0 Å². The van der Waals surface area contributed by atoms with Gasteiger partial charge in [-0.3, -0.25) is 0 Å². The van der Waals surface area contributed by atoms with Crippen LogP contribution in [0.25, 0.3) is 0 Å². The highest BCUT2D eigenvalue weighted by atomic mass is 32.1. The van der Waals surface area contributed by atoms with E-state index in [1.807, 2.05) is 23.8 Å². The Bertz CT molecular complexity index is 513. The molecule has 88 valence electrons. The van der Waals surface area contributed by atoms with Crippen LogP contribution in [0.15, 0.2) is 29.1 Å². The highest BCUT2D eigenvalue weighted by Crippen LogP contribution is 2.19. The first-order valence-corrected chi connectivity index (χ1v) is 5.96. The van der Waals surface area contributed by atoms with E-state index >= 15 is 0 Å². The summed E-state index contributed by atoms with van der Waals surface area (Å²) in [6, 6.07) is 3.41. The number of thiophene rings is 1. The summed E-state index contributed by atoms with van der Waals surface area (Å²) in [4.78, 5) is 18.6. The van der Waals surface area contributed by atoms with Gasteiger partial charge in [-0.25, -0.2) is 14.8 Å². The molecule has 2 N–H and O–H groups in total. The molecule has 1 unspecified atom stereocenters. The molecule has 0 fully saturated rings. The van der Waals surface area contributed by atoms with Crippen molar-refractivity contribution in [3.8, 4) is 0 Å². The number of carboxylic acids is 1. The maximum Gasteiger partial charge on any atom is 0.354 e. The largest absolute Gasteiger partial charge is 0.477 e. The van der Waals surface area contributed by atoms with Crippen LogP contribution in [-0.4, -0.2) is 21.0 Å². The van der Waals surface area contributed by atoms with Gasteiger partial charge in [-0.15, -0.1) is 0 Å². The topological polar surface area (TPSA) is 75.1 Å². The van der Waals surface area contributed by atoms with Crippen molar-refractivity contribution in [2.45, 2.75) is 13.0 Å². The van der Waals surface area contributed by atoms with Gasteiger partial charge in [-0.1, -0.05) is 0 Å². The van der Waals surface area contributed by atoms with Gasteiger partial charge in [-0.05, 0) is 35.4 Å². The van der Waals surface area contributed by atoms with Gasteiger partial charge in [0, 0.05) is 6.20 Å². The lowest BCUT2D eigenvalue weighted by molar-refractivity contribution is 0.0690. The van der Waals surface area contributed by atoms with E-state index in [9.17, 15) is 4.79 Å². The molecule has 0 aliphatic rings. The minimum atomic E-state index is -1.06. The van der Waals surface area contributed by atoms with Gasteiger partial charge in [0.2, 0.25) is 5.95 Å². The summed E-state index contributed by atoms with van der Waals surface area (Å²) in [5, 5.41) is 15.9. The summed E-state index contributed by atoms with van der Waals surface area (Å²) in [5.41, 5.74) is 1.11. The molecule has 0 bridgehead atoms. The minimum absolute atomic E-state index is 0.0139. The van der Waals surface area contributed by atoms with Gasteiger partial charge in [0.1, 0.15) is 0 Å². The lowest BCUT2D eigenvalue weighted by atomic mass is 10.2. The van der Waals surface area contributed by atoms with Crippen LogP contribution in [0.5, 0.6) is 0 Å². The second-order valence-electron chi connectivity index (χ2n) is 3.49. The van der Waals surface area contributed by atoms with Crippen LogP contribution in [0.3, 0.4) is 0 Å². The zero-order chi connectivity index (χ0) is 12.3. The quantitative estimate of drug-likeness (QED) is 0.870. The first-order chi connectivity index (χ1) is 8.16. The summed E-state index contributed by atoms with van der Waals surface area (Å²) in [6.07, 6.45) is 1.43. The number of carbonyl (C=O) groups is 1. The zero-order valence-electron chi connectivity index (χ0n) is 9.12. The standard InChI is InChI=1S/C11H11N3O2S/c1-7(8-3-5-17-6-8)13-11-12-4-2-9(14-11)10(15)16/h2-7H,1H3,(H,15,16)(H,12,13,14). The van der Waals surface area contributed by atoms with Crippen LogP contribution >= 0.6 is 11.3 Å². The molecule has 0 aliphatic heterocycles. The fourth-order valence-corrected chi connectivity index (χ4v) is 2.10. The van der Waals surface area contributed by atoms with Gasteiger partial charge in [-0.2, -0.15) is 11.3 Å². The minimum Gasteiger partial charge on any atom is -0.477 e. The van der Waals surface area contributed by atoms with E-state index in [1.165, 1.54) is 12.3 Å². The number of hydrogen-bond donors (Lipinski definition) is 2. The second kappa shape index (κ2) is 4.92. The molecule has 0 aliphatic carbocycles. The Morgan fingerprint density at radius 3 is 3.00 bits per heavy atom. The van der Waals surface area contributed by atoms with E-state index < -0.39 is 5.97 Å². The predicted molar refractivity (Wildman–Crippen MR) is 65.3 cm³/mol. The van der Waals surface area contributed by atoms with Crippen LogP contribution in [0, 0.1) is 0 Å². The molecule has 2 heterocycles.